The Kier molecular flexibility index (Phi) is 4.73. The van der Waals surface area contributed by atoms with Crippen LogP contribution < -0.4 is 10.2 Å². The van der Waals surface area contributed by atoms with Gasteiger partial charge in [0.1, 0.15) is 11.5 Å². The van der Waals surface area contributed by atoms with Crippen molar-refractivity contribution >= 4 is 17.6 Å². The van der Waals surface area contributed by atoms with Gasteiger partial charge in [-0.1, -0.05) is 0 Å². The van der Waals surface area contributed by atoms with Crippen LogP contribution in [0.25, 0.3) is 0 Å². The molecule has 114 valence electrons. The SMILES string of the molecule is CC(=O)Oc1ccc(C(C)=NNC(=O)c2ccoc2C)cc1. The molecule has 6 nitrogen and oxygen atoms in total. The van der Waals surface area contributed by atoms with Gasteiger partial charge in [-0.2, -0.15) is 5.10 Å². The lowest BCUT2D eigenvalue weighted by atomic mass is 10.1. The standard InChI is InChI=1S/C16H16N2O4/c1-10(13-4-6-14(7-5-13)22-12(3)19)17-18-16(20)15-8-9-21-11(15)2/h4-9H,1-3H3,(H,18,20). The van der Waals surface area contributed by atoms with E-state index in [1.54, 1.807) is 44.2 Å². The summed E-state index contributed by atoms with van der Waals surface area (Å²) in [4.78, 5) is 22.8. The lowest BCUT2D eigenvalue weighted by Gasteiger charge is -2.04. The van der Waals surface area contributed by atoms with Crippen molar-refractivity contribution in [1.82, 2.24) is 5.43 Å². The first-order valence-electron chi connectivity index (χ1n) is 6.65. The van der Waals surface area contributed by atoms with Crippen LogP contribution in [0, 0.1) is 6.92 Å². The molecular weight excluding hydrogens is 284 g/mol. The summed E-state index contributed by atoms with van der Waals surface area (Å²) in [7, 11) is 0. The Labute approximate surface area is 127 Å². The van der Waals surface area contributed by atoms with Gasteiger partial charge in [-0.15, -0.1) is 0 Å². The fourth-order valence-electron chi connectivity index (χ4n) is 1.81. The second-order valence-electron chi connectivity index (χ2n) is 4.65. The number of amides is 1. The average molecular weight is 300 g/mol. The molecule has 0 fully saturated rings. The minimum absolute atomic E-state index is 0.331. The molecule has 0 radical (unpaired) electrons. The zero-order valence-corrected chi connectivity index (χ0v) is 12.5. The number of aryl methyl sites for hydroxylation is 1. The number of carbonyl (C=O) groups is 2. The second kappa shape index (κ2) is 6.71. The molecule has 1 amide bonds. The summed E-state index contributed by atoms with van der Waals surface area (Å²) in [6.45, 7) is 4.82. The molecule has 0 atom stereocenters. The lowest BCUT2D eigenvalue weighted by Crippen LogP contribution is -2.19. The van der Waals surface area contributed by atoms with Gasteiger partial charge in [0.25, 0.3) is 5.91 Å². The van der Waals surface area contributed by atoms with E-state index in [0.29, 0.717) is 22.8 Å². The number of nitrogens with one attached hydrogen (secondary N) is 1. The van der Waals surface area contributed by atoms with Crippen LogP contribution in [0.2, 0.25) is 0 Å². The van der Waals surface area contributed by atoms with E-state index in [-0.39, 0.29) is 11.9 Å². The fraction of sp³-hybridized carbons (Fsp3) is 0.188. The number of carbonyl (C=O) groups excluding carboxylic acids is 2. The fourth-order valence-corrected chi connectivity index (χ4v) is 1.81. The zero-order valence-electron chi connectivity index (χ0n) is 12.5. The summed E-state index contributed by atoms with van der Waals surface area (Å²) < 4.78 is 10.0. The smallest absolute Gasteiger partial charge is 0.308 e. The molecule has 1 heterocycles. The average Bonchev–Trinajstić information content (AvgIpc) is 2.91. The summed E-state index contributed by atoms with van der Waals surface area (Å²) >= 11 is 0. The van der Waals surface area contributed by atoms with Gasteiger partial charge in [0.15, 0.2) is 0 Å². The minimum atomic E-state index is -0.374. The third-order valence-corrected chi connectivity index (χ3v) is 2.96. The van der Waals surface area contributed by atoms with Crippen molar-refractivity contribution in [3.63, 3.8) is 0 Å². The van der Waals surface area contributed by atoms with Crippen molar-refractivity contribution in [3.05, 3.63) is 53.5 Å². The molecule has 1 N–H and O–H groups in total. The van der Waals surface area contributed by atoms with Crippen molar-refractivity contribution in [2.45, 2.75) is 20.8 Å². The van der Waals surface area contributed by atoms with Gasteiger partial charge in [0.05, 0.1) is 17.5 Å². The van der Waals surface area contributed by atoms with E-state index in [1.807, 2.05) is 0 Å². The summed E-state index contributed by atoms with van der Waals surface area (Å²) in [5.41, 5.74) is 4.35. The Balaban J connectivity index is 2.04. The highest BCUT2D eigenvalue weighted by molar-refractivity contribution is 6.01. The Hall–Kier alpha value is -2.89. The van der Waals surface area contributed by atoms with E-state index in [1.165, 1.54) is 13.2 Å². The van der Waals surface area contributed by atoms with Gasteiger partial charge in [-0.3, -0.25) is 9.59 Å². The third-order valence-electron chi connectivity index (χ3n) is 2.96. The van der Waals surface area contributed by atoms with Crippen LogP contribution in [0.4, 0.5) is 0 Å². The molecule has 0 aliphatic rings. The highest BCUT2D eigenvalue weighted by atomic mass is 16.5. The number of benzene rings is 1. The highest BCUT2D eigenvalue weighted by Crippen LogP contribution is 2.13. The Morgan fingerprint density at radius 1 is 1.14 bits per heavy atom. The molecule has 2 rings (SSSR count). The molecule has 1 aromatic heterocycles. The summed E-state index contributed by atoms with van der Waals surface area (Å²) in [6, 6.07) is 8.43. The number of hydrogen-bond donors (Lipinski definition) is 1. The third kappa shape index (κ3) is 3.82. The molecule has 0 saturated heterocycles. The molecule has 0 unspecified atom stereocenters. The van der Waals surface area contributed by atoms with Crippen LogP contribution in [-0.2, 0) is 4.79 Å². The number of rotatable bonds is 4. The number of hydrogen-bond acceptors (Lipinski definition) is 5. The van der Waals surface area contributed by atoms with E-state index in [4.69, 9.17) is 9.15 Å². The van der Waals surface area contributed by atoms with Crippen LogP contribution in [-0.4, -0.2) is 17.6 Å². The maximum atomic E-state index is 11.9. The largest absolute Gasteiger partial charge is 0.469 e. The second-order valence-corrected chi connectivity index (χ2v) is 4.65. The number of nitrogens with zero attached hydrogens (tertiary/aromatic N) is 1. The van der Waals surface area contributed by atoms with Crippen molar-refractivity contribution in [2.24, 2.45) is 5.10 Å². The first-order valence-corrected chi connectivity index (χ1v) is 6.65. The van der Waals surface area contributed by atoms with Gasteiger partial charge in [0, 0.05) is 6.92 Å². The lowest BCUT2D eigenvalue weighted by molar-refractivity contribution is -0.131. The van der Waals surface area contributed by atoms with Crippen LogP contribution in [0.5, 0.6) is 5.75 Å². The Morgan fingerprint density at radius 2 is 1.82 bits per heavy atom. The van der Waals surface area contributed by atoms with Crippen molar-refractivity contribution in [3.8, 4) is 5.75 Å². The predicted molar refractivity (Wildman–Crippen MR) is 80.9 cm³/mol. The van der Waals surface area contributed by atoms with Crippen LogP contribution in [0.1, 0.15) is 35.5 Å². The Morgan fingerprint density at radius 3 is 2.36 bits per heavy atom. The van der Waals surface area contributed by atoms with Gasteiger partial charge in [-0.05, 0) is 49.7 Å². The van der Waals surface area contributed by atoms with Crippen LogP contribution >= 0.6 is 0 Å². The maximum Gasteiger partial charge on any atom is 0.308 e. The van der Waals surface area contributed by atoms with Crippen LogP contribution in [0.3, 0.4) is 0 Å². The van der Waals surface area contributed by atoms with Crippen molar-refractivity contribution in [1.29, 1.82) is 0 Å². The number of hydrazone groups is 1. The monoisotopic (exact) mass is 300 g/mol. The molecule has 0 bridgehead atoms. The number of furan rings is 1. The van der Waals surface area contributed by atoms with Gasteiger partial charge >= 0.3 is 5.97 Å². The molecule has 0 spiro atoms. The Bertz CT molecular complexity index is 714. The molecule has 0 saturated carbocycles. The van der Waals surface area contributed by atoms with Gasteiger partial charge in [0.2, 0.25) is 0 Å². The first kappa shape index (κ1) is 15.5. The molecular formula is C16H16N2O4. The molecule has 22 heavy (non-hydrogen) atoms. The molecule has 0 aliphatic carbocycles. The topological polar surface area (TPSA) is 80.9 Å². The summed E-state index contributed by atoms with van der Waals surface area (Å²) in [6.07, 6.45) is 1.45. The molecule has 2 aromatic rings. The van der Waals surface area contributed by atoms with E-state index >= 15 is 0 Å². The maximum absolute atomic E-state index is 11.9. The van der Waals surface area contributed by atoms with Gasteiger partial charge < -0.3 is 9.15 Å². The van der Waals surface area contributed by atoms with E-state index in [2.05, 4.69) is 10.5 Å². The van der Waals surface area contributed by atoms with Crippen molar-refractivity contribution < 1.29 is 18.7 Å². The van der Waals surface area contributed by atoms with E-state index < -0.39 is 0 Å². The summed E-state index contributed by atoms with van der Waals surface area (Å²) in [5, 5.41) is 4.05. The predicted octanol–water partition coefficient (Wildman–Crippen LogP) is 2.67. The van der Waals surface area contributed by atoms with E-state index in [9.17, 15) is 9.59 Å². The molecule has 0 aliphatic heterocycles. The normalized spacial score (nSPS) is 11.1. The molecule has 6 heteroatoms. The highest BCUT2D eigenvalue weighted by Gasteiger charge is 2.10. The molecule has 1 aromatic carbocycles. The van der Waals surface area contributed by atoms with E-state index in [0.717, 1.165) is 5.56 Å². The zero-order chi connectivity index (χ0) is 16.1. The number of esters is 1. The first-order chi connectivity index (χ1) is 10.5. The minimum Gasteiger partial charge on any atom is -0.469 e. The quantitative estimate of drug-likeness (QED) is 0.407. The van der Waals surface area contributed by atoms with Gasteiger partial charge in [-0.25, -0.2) is 5.43 Å². The number of ether oxygens (including phenoxy) is 1. The summed E-state index contributed by atoms with van der Waals surface area (Å²) in [5.74, 6) is 0.293. The van der Waals surface area contributed by atoms with Crippen molar-refractivity contribution in [2.75, 3.05) is 0 Å². The van der Waals surface area contributed by atoms with Crippen LogP contribution in [0.15, 0.2) is 46.1 Å².